The molecule has 0 aromatic rings. The van der Waals surface area contributed by atoms with Crippen LogP contribution in [-0.4, -0.2) is 12.6 Å². The minimum atomic E-state index is 0.836. The van der Waals surface area contributed by atoms with Gasteiger partial charge in [-0.25, -0.2) is 0 Å². The van der Waals surface area contributed by atoms with E-state index in [0.717, 1.165) is 18.5 Å². The lowest BCUT2D eigenvalue weighted by atomic mass is 9.83. The van der Waals surface area contributed by atoms with E-state index in [4.69, 9.17) is 0 Å². The van der Waals surface area contributed by atoms with E-state index >= 15 is 0 Å². The predicted molar refractivity (Wildman–Crippen MR) is 63.6 cm³/mol. The fourth-order valence-corrected chi connectivity index (χ4v) is 2.63. The van der Waals surface area contributed by atoms with Crippen LogP contribution in [0.3, 0.4) is 0 Å². The third-order valence-electron chi connectivity index (χ3n) is 3.56. The van der Waals surface area contributed by atoms with Crippen molar-refractivity contribution in [3.63, 3.8) is 0 Å². The number of unbranched alkanes of at least 4 members (excludes halogenated alkanes) is 2. The minimum absolute atomic E-state index is 0.836. The Bertz CT molecular complexity index is 125. The largest absolute Gasteiger partial charge is 0.314 e. The molecule has 0 unspecified atom stereocenters. The molecule has 0 heterocycles. The molecule has 1 saturated carbocycles. The van der Waals surface area contributed by atoms with Gasteiger partial charge in [0.05, 0.1) is 0 Å². The van der Waals surface area contributed by atoms with E-state index in [2.05, 4.69) is 19.2 Å². The van der Waals surface area contributed by atoms with Crippen LogP contribution in [0.5, 0.6) is 0 Å². The highest BCUT2D eigenvalue weighted by atomic mass is 14.9. The summed E-state index contributed by atoms with van der Waals surface area (Å²) in [4.78, 5) is 0. The van der Waals surface area contributed by atoms with Crippen LogP contribution < -0.4 is 5.32 Å². The maximum absolute atomic E-state index is 3.57. The summed E-state index contributed by atoms with van der Waals surface area (Å²) in [5, 5.41) is 3.57. The van der Waals surface area contributed by atoms with Gasteiger partial charge < -0.3 is 5.32 Å². The van der Waals surface area contributed by atoms with E-state index in [-0.39, 0.29) is 0 Å². The molecular formula is C13H27N. The highest BCUT2D eigenvalue weighted by molar-refractivity contribution is 4.76. The average Bonchev–Trinajstić information content (AvgIpc) is 2.21. The van der Waals surface area contributed by atoms with Gasteiger partial charge in [0.1, 0.15) is 0 Å². The highest BCUT2D eigenvalue weighted by Crippen LogP contribution is 2.28. The van der Waals surface area contributed by atoms with Crippen molar-refractivity contribution in [3.05, 3.63) is 0 Å². The molecule has 14 heavy (non-hydrogen) atoms. The SMILES string of the molecule is CCCCCC1CCC(NCC)CC1. The van der Waals surface area contributed by atoms with Crippen LogP contribution in [0.1, 0.15) is 65.2 Å². The predicted octanol–water partition coefficient (Wildman–Crippen LogP) is 3.74. The van der Waals surface area contributed by atoms with Gasteiger partial charge in [-0.2, -0.15) is 0 Å². The Hall–Kier alpha value is -0.0400. The van der Waals surface area contributed by atoms with Gasteiger partial charge in [0.2, 0.25) is 0 Å². The second-order valence-corrected chi connectivity index (χ2v) is 4.77. The van der Waals surface area contributed by atoms with Crippen LogP contribution in [-0.2, 0) is 0 Å². The summed E-state index contributed by atoms with van der Waals surface area (Å²) in [7, 11) is 0. The van der Waals surface area contributed by atoms with E-state index in [1.165, 1.54) is 51.4 Å². The summed E-state index contributed by atoms with van der Waals surface area (Å²) in [5.74, 6) is 1.05. The van der Waals surface area contributed by atoms with E-state index in [1.807, 2.05) is 0 Å². The Balaban J connectivity index is 2.03. The van der Waals surface area contributed by atoms with Crippen LogP contribution in [0.4, 0.5) is 0 Å². The Labute approximate surface area is 89.7 Å². The first-order valence-corrected chi connectivity index (χ1v) is 6.60. The molecule has 1 aliphatic rings. The van der Waals surface area contributed by atoms with Crippen LogP contribution in [0.25, 0.3) is 0 Å². The van der Waals surface area contributed by atoms with Crippen LogP contribution >= 0.6 is 0 Å². The normalized spacial score (nSPS) is 27.9. The van der Waals surface area contributed by atoms with E-state index < -0.39 is 0 Å². The van der Waals surface area contributed by atoms with Gasteiger partial charge in [0, 0.05) is 6.04 Å². The van der Waals surface area contributed by atoms with E-state index in [1.54, 1.807) is 0 Å². The average molecular weight is 197 g/mol. The summed E-state index contributed by atoms with van der Waals surface area (Å²) in [6.45, 7) is 5.65. The maximum atomic E-state index is 3.57. The molecule has 0 saturated heterocycles. The third-order valence-corrected chi connectivity index (χ3v) is 3.56. The zero-order valence-corrected chi connectivity index (χ0v) is 10.0. The summed E-state index contributed by atoms with van der Waals surface area (Å²) in [6, 6.07) is 0.836. The first-order valence-electron chi connectivity index (χ1n) is 6.60. The molecule has 1 fully saturated rings. The van der Waals surface area contributed by atoms with Gasteiger partial charge >= 0.3 is 0 Å². The lowest BCUT2D eigenvalue weighted by Crippen LogP contribution is -2.32. The van der Waals surface area contributed by atoms with Crippen molar-refractivity contribution in [2.45, 2.75) is 71.3 Å². The van der Waals surface area contributed by atoms with Crippen molar-refractivity contribution in [2.75, 3.05) is 6.54 Å². The van der Waals surface area contributed by atoms with Crippen molar-refractivity contribution in [3.8, 4) is 0 Å². The first kappa shape index (κ1) is 12.0. The molecule has 1 nitrogen and oxygen atoms in total. The standard InChI is InChI=1S/C13H27N/c1-3-5-6-7-12-8-10-13(11-9-12)14-4-2/h12-14H,3-11H2,1-2H3. The summed E-state index contributed by atoms with van der Waals surface area (Å²) < 4.78 is 0. The van der Waals surface area contributed by atoms with Gasteiger partial charge in [0.15, 0.2) is 0 Å². The Morgan fingerprint density at radius 1 is 1.00 bits per heavy atom. The summed E-state index contributed by atoms with van der Waals surface area (Å²) in [5.41, 5.74) is 0. The van der Waals surface area contributed by atoms with Crippen molar-refractivity contribution in [1.29, 1.82) is 0 Å². The molecule has 0 aliphatic heterocycles. The lowest BCUT2D eigenvalue weighted by Gasteiger charge is -2.28. The number of rotatable bonds is 6. The van der Waals surface area contributed by atoms with Crippen molar-refractivity contribution in [2.24, 2.45) is 5.92 Å². The molecule has 0 radical (unpaired) electrons. The molecular weight excluding hydrogens is 170 g/mol. The zero-order chi connectivity index (χ0) is 10.2. The zero-order valence-electron chi connectivity index (χ0n) is 10.0. The number of hydrogen-bond donors (Lipinski definition) is 1. The Kier molecular flexibility index (Phi) is 6.25. The van der Waals surface area contributed by atoms with Gasteiger partial charge in [-0.05, 0) is 38.1 Å². The number of nitrogens with one attached hydrogen (secondary N) is 1. The molecule has 0 bridgehead atoms. The second-order valence-electron chi connectivity index (χ2n) is 4.77. The van der Waals surface area contributed by atoms with Crippen molar-refractivity contribution in [1.82, 2.24) is 5.32 Å². The third kappa shape index (κ3) is 4.45. The molecule has 0 atom stereocenters. The summed E-state index contributed by atoms with van der Waals surface area (Å²) >= 11 is 0. The monoisotopic (exact) mass is 197 g/mol. The first-order chi connectivity index (χ1) is 6.86. The van der Waals surface area contributed by atoms with E-state index in [0.29, 0.717) is 0 Å². The van der Waals surface area contributed by atoms with Gasteiger partial charge in [-0.1, -0.05) is 39.5 Å². The van der Waals surface area contributed by atoms with Gasteiger partial charge in [-0.3, -0.25) is 0 Å². The molecule has 0 aromatic heterocycles. The Morgan fingerprint density at radius 2 is 1.71 bits per heavy atom. The van der Waals surface area contributed by atoms with E-state index in [9.17, 15) is 0 Å². The molecule has 0 amide bonds. The van der Waals surface area contributed by atoms with Crippen LogP contribution in [0.15, 0.2) is 0 Å². The van der Waals surface area contributed by atoms with Crippen molar-refractivity contribution < 1.29 is 0 Å². The van der Waals surface area contributed by atoms with Crippen molar-refractivity contribution >= 4 is 0 Å². The smallest absolute Gasteiger partial charge is 0.00671 e. The molecule has 0 aromatic carbocycles. The fourth-order valence-electron chi connectivity index (χ4n) is 2.63. The van der Waals surface area contributed by atoms with Crippen LogP contribution in [0, 0.1) is 5.92 Å². The minimum Gasteiger partial charge on any atom is -0.314 e. The molecule has 84 valence electrons. The molecule has 1 N–H and O–H groups in total. The highest BCUT2D eigenvalue weighted by Gasteiger charge is 2.19. The number of hydrogen-bond acceptors (Lipinski definition) is 1. The summed E-state index contributed by atoms with van der Waals surface area (Å²) in [6.07, 6.45) is 11.6. The molecule has 1 heteroatoms. The molecule has 0 spiro atoms. The van der Waals surface area contributed by atoms with Gasteiger partial charge in [0.25, 0.3) is 0 Å². The maximum Gasteiger partial charge on any atom is 0.00671 e. The molecule has 1 aliphatic carbocycles. The van der Waals surface area contributed by atoms with Crippen LogP contribution in [0.2, 0.25) is 0 Å². The quantitative estimate of drug-likeness (QED) is 0.640. The Morgan fingerprint density at radius 3 is 2.29 bits per heavy atom. The lowest BCUT2D eigenvalue weighted by molar-refractivity contribution is 0.277. The fraction of sp³-hybridized carbons (Fsp3) is 1.00. The molecule has 1 rings (SSSR count). The second kappa shape index (κ2) is 7.28. The van der Waals surface area contributed by atoms with Gasteiger partial charge in [-0.15, -0.1) is 0 Å². The topological polar surface area (TPSA) is 12.0 Å².